The van der Waals surface area contributed by atoms with E-state index >= 15 is 0 Å². The standard InChI is InChI=1S/C62H120O17P2/c1-6-9-12-15-18-20-23-27-32-36-41-46-60(65)73-52-58(79-62(67)48-43-38-33-28-25-22-21-24-26-30-34-39-44-55(4)5)54-77-81(70,71)75-50-56(63)49-74-80(68,69)76-53-57(51-72-59(64)45-40-35-29-17-14-11-8-3)78-61(66)47-42-37-31-19-16-13-10-7-2/h55-58,63H,6-54H2,1-5H3,(H,68,69)(H,70,71)/t56-,57+,58+/m0/s1. The van der Waals surface area contributed by atoms with Crippen molar-refractivity contribution in [3.05, 3.63) is 0 Å². The van der Waals surface area contributed by atoms with Gasteiger partial charge >= 0.3 is 39.5 Å². The zero-order chi connectivity index (χ0) is 59.9. The van der Waals surface area contributed by atoms with Crippen LogP contribution >= 0.6 is 15.6 Å². The van der Waals surface area contributed by atoms with Crippen molar-refractivity contribution in [3.8, 4) is 0 Å². The van der Waals surface area contributed by atoms with E-state index in [1.807, 2.05) is 0 Å². The minimum Gasteiger partial charge on any atom is -0.462 e. The molecule has 0 aliphatic heterocycles. The molecule has 19 heteroatoms. The number of carbonyl (C=O) groups excluding carboxylic acids is 4. The molecule has 480 valence electrons. The van der Waals surface area contributed by atoms with Crippen LogP contribution in [0.25, 0.3) is 0 Å². The number of phosphoric acid groups is 2. The second-order valence-electron chi connectivity index (χ2n) is 22.9. The summed E-state index contributed by atoms with van der Waals surface area (Å²) in [5.74, 6) is -1.36. The predicted molar refractivity (Wildman–Crippen MR) is 322 cm³/mol. The first-order valence-corrected chi connectivity index (χ1v) is 35.6. The van der Waals surface area contributed by atoms with Gasteiger partial charge in [0.15, 0.2) is 12.2 Å². The van der Waals surface area contributed by atoms with Gasteiger partial charge in [0.2, 0.25) is 0 Å². The molecule has 0 saturated carbocycles. The highest BCUT2D eigenvalue weighted by Gasteiger charge is 2.30. The number of aliphatic hydroxyl groups is 1. The quantitative estimate of drug-likeness (QED) is 0.0222. The average molecular weight is 1200 g/mol. The Morgan fingerprint density at radius 3 is 0.840 bits per heavy atom. The summed E-state index contributed by atoms with van der Waals surface area (Å²) < 4.78 is 67.8. The number of ether oxygens (including phenoxy) is 4. The second kappa shape index (κ2) is 55.9. The highest BCUT2D eigenvalue weighted by Crippen LogP contribution is 2.45. The van der Waals surface area contributed by atoms with Crippen LogP contribution in [0.3, 0.4) is 0 Å². The van der Waals surface area contributed by atoms with E-state index in [2.05, 4.69) is 34.6 Å². The molecular weight excluding hydrogens is 1080 g/mol. The van der Waals surface area contributed by atoms with Gasteiger partial charge in [-0.15, -0.1) is 0 Å². The summed E-state index contributed by atoms with van der Waals surface area (Å²) in [4.78, 5) is 71.9. The van der Waals surface area contributed by atoms with E-state index in [1.54, 1.807) is 0 Å². The van der Waals surface area contributed by atoms with E-state index in [9.17, 15) is 43.2 Å². The molecular formula is C62H120O17P2. The number of esters is 4. The third kappa shape index (κ3) is 56.9. The van der Waals surface area contributed by atoms with Gasteiger partial charge in [0.05, 0.1) is 26.4 Å². The monoisotopic (exact) mass is 1200 g/mol. The zero-order valence-corrected chi connectivity index (χ0v) is 53.7. The van der Waals surface area contributed by atoms with E-state index in [-0.39, 0.29) is 25.7 Å². The van der Waals surface area contributed by atoms with E-state index in [0.29, 0.717) is 25.7 Å². The summed E-state index contributed by atoms with van der Waals surface area (Å²) in [6, 6.07) is 0. The van der Waals surface area contributed by atoms with E-state index in [1.165, 1.54) is 116 Å². The van der Waals surface area contributed by atoms with Crippen LogP contribution in [0.15, 0.2) is 0 Å². The molecule has 0 heterocycles. The number of hydrogen-bond donors (Lipinski definition) is 3. The fraction of sp³-hybridized carbons (Fsp3) is 0.935. The summed E-state index contributed by atoms with van der Waals surface area (Å²) in [6.07, 6.45) is 39.0. The molecule has 3 N–H and O–H groups in total. The molecule has 0 saturated heterocycles. The Labute approximate surface area is 492 Å². The summed E-state index contributed by atoms with van der Waals surface area (Å²) in [5.41, 5.74) is 0. The molecule has 81 heavy (non-hydrogen) atoms. The summed E-state index contributed by atoms with van der Waals surface area (Å²) in [7, 11) is -9.87. The lowest BCUT2D eigenvalue weighted by Crippen LogP contribution is -2.30. The summed E-state index contributed by atoms with van der Waals surface area (Å²) in [5, 5.41) is 10.5. The third-order valence-corrected chi connectivity index (χ3v) is 16.2. The second-order valence-corrected chi connectivity index (χ2v) is 25.8. The molecule has 0 aromatic heterocycles. The Morgan fingerprint density at radius 2 is 0.568 bits per heavy atom. The van der Waals surface area contributed by atoms with Gasteiger partial charge in [-0.25, -0.2) is 9.13 Å². The van der Waals surface area contributed by atoms with Crippen LogP contribution in [0.5, 0.6) is 0 Å². The van der Waals surface area contributed by atoms with Crippen molar-refractivity contribution in [1.29, 1.82) is 0 Å². The van der Waals surface area contributed by atoms with Crippen molar-refractivity contribution >= 4 is 39.5 Å². The lowest BCUT2D eigenvalue weighted by Gasteiger charge is -2.21. The number of rotatable bonds is 62. The van der Waals surface area contributed by atoms with Gasteiger partial charge in [-0.05, 0) is 31.6 Å². The molecule has 0 fully saturated rings. The van der Waals surface area contributed by atoms with Crippen molar-refractivity contribution in [2.45, 2.75) is 329 Å². The Balaban J connectivity index is 5.19. The molecule has 0 radical (unpaired) electrons. The van der Waals surface area contributed by atoms with Crippen LogP contribution in [-0.4, -0.2) is 96.7 Å². The molecule has 5 atom stereocenters. The van der Waals surface area contributed by atoms with Crippen molar-refractivity contribution in [1.82, 2.24) is 0 Å². The topological polar surface area (TPSA) is 237 Å². The van der Waals surface area contributed by atoms with Crippen molar-refractivity contribution in [2.24, 2.45) is 5.92 Å². The number of aliphatic hydroxyl groups excluding tert-OH is 1. The largest absolute Gasteiger partial charge is 0.472 e. The molecule has 2 unspecified atom stereocenters. The number of unbranched alkanes of at least 4 members (excludes halogenated alkanes) is 34. The van der Waals surface area contributed by atoms with Gasteiger partial charge in [0.1, 0.15) is 19.3 Å². The molecule has 0 spiro atoms. The van der Waals surface area contributed by atoms with Gasteiger partial charge in [-0.2, -0.15) is 0 Å². The predicted octanol–water partition coefficient (Wildman–Crippen LogP) is 17.0. The fourth-order valence-electron chi connectivity index (χ4n) is 9.23. The zero-order valence-electron chi connectivity index (χ0n) is 51.9. The lowest BCUT2D eigenvalue weighted by molar-refractivity contribution is -0.161. The highest BCUT2D eigenvalue weighted by molar-refractivity contribution is 7.47. The first-order valence-electron chi connectivity index (χ1n) is 32.6. The van der Waals surface area contributed by atoms with Crippen molar-refractivity contribution in [2.75, 3.05) is 39.6 Å². The first-order chi connectivity index (χ1) is 39.0. The average Bonchev–Trinajstić information content (AvgIpc) is 3.43. The molecule has 17 nitrogen and oxygen atoms in total. The minimum atomic E-state index is -4.94. The fourth-order valence-corrected chi connectivity index (χ4v) is 10.8. The molecule has 0 aliphatic rings. The Morgan fingerprint density at radius 1 is 0.333 bits per heavy atom. The van der Waals surface area contributed by atoms with Crippen LogP contribution in [0, 0.1) is 5.92 Å². The lowest BCUT2D eigenvalue weighted by atomic mass is 10.0. The van der Waals surface area contributed by atoms with Crippen LogP contribution in [0.4, 0.5) is 0 Å². The van der Waals surface area contributed by atoms with Crippen molar-refractivity contribution < 1.29 is 80.2 Å². The van der Waals surface area contributed by atoms with Crippen LogP contribution < -0.4 is 0 Å². The molecule has 0 aromatic rings. The smallest absolute Gasteiger partial charge is 0.462 e. The van der Waals surface area contributed by atoms with E-state index < -0.39 is 97.5 Å². The van der Waals surface area contributed by atoms with Gasteiger partial charge in [-0.3, -0.25) is 37.3 Å². The maximum Gasteiger partial charge on any atom is 0.472 e. The van der Waals surface area contributed by atoms with E-state index in [0.717, 1.165) is 115 Å². The molecule has 0 rings (SSSR count). The van der Waals surface area contributed by atoms with E-state index in [4.69, 9.17) is 37.0 Å². The van der Waals surface area contributed by atoms with Gasteiger partial charge in [0, 0.05) is 25.7 Å². The maximum atomic E-state index is 13.0. The SMILES string of the molecule is CCCCCCCCCCCCCC(=O)OC[C@H](COP(=O)(O)OC[C@@H](O)COP(=O)(O)OC[C@@H](COC(=O)CCCCCCCCC)OC(=O)CCCCCCCCCC)OC(=O)CCCCCCCCCCCCCCC(C)C. The third-order valence-electron chi connectivity index (χ3n) is 14.3. The summed E-state index contributed by atoms with van der Waals surface area (Å²) >= 11 is 0. The number of phosphoric ester groups is 2. The van der Waals surface area contributed by atoms with Gasteiger partial charge < -0.3 is 33.8 Å². The number of carbonyl (C=O) groups is 4. The van der Waals surface area contributed by atoms with Gasteiger partial charge in [-0.1, -0.05) is 259 Å². The Hall–Kier alpha value is -1.94. The molecule has 0 bridgehead atoms. The molecule has 0 aromatic carbocycles. The van der Waals surface area contributed by atoms with Crippen LogP contribution in [-0.2, 0) is 65.4 Å². The van der Waals surface area contributed by atoms with Crippen LogP contribution in [0.2, 0.25) is 0 Å². The van der Waals surface area contributed by atoms with Gasteiger partial charge in [0.25, 0.3) is 0 Å². The normalized spacial score (nSPS) is 14.3. The number of hydrogen-bond acceptors (Lipinski definition) is 15. The maximum absolute atomic E-state index is 13.0. The minimum absolute atomic E-state index is 0.105. The Bertz CT molecular complexity index is 1580. The summed E-state index contributed by atoms with van der Waals surface area (Å²) in [6.45, 7) is 7.12. The first kappa shape index (κ1) is 79.1. The van der Waals surface area contributed by atoms with Crippen LogP contribution in [0.1, 0.15) is 311 Å². The molecule has 0 aliphatic carbocycles. The van der Waals surface area contributed by atoms with Crippen molar-refractivity contribution in [3.63, 3.8) is 0 Å². The Kier molecular flexibility index (Phi) is 54.6. The molecule has 0 amide bonds. The highest BCUT2D eigenvalue weighted by atomic mass is 31.2.